The van der Waals surface area contributed by atoms with Crippen molar-refractivity contribution in [2.24, 2.45) is 0 Å². The summed E-state index contributed by atoms with van der Waals surface area (Å²) in [6.45, 7) is 19.2. The molecule has 1 saturated carbocycles. The number of benzene rings is 6. The van der Waals surface area contributed by atoms with Crippen LogP contribution < -0.4 is 31.1 Å². The lowest BCUT2D eigenvalue weighted by Crippen LogP contribution is -2.61. The van der Waals surface area contributed by atoms with E-state index in [0.717, 1.165) is 0 Å². The van der Waals surface area contributed by atoms with Crippen molar-refractivity contribution in [1.82, 2.24) is 0 Å². The second-order valence-electron chi connectivity index (χ2n) is 19.5. The van der Waals surface area contributed by atoms with Crippen molar-refractivity contribution in [3.8, 4) is 0 Å². The molecule has 0 spiro atoms. The van der Waals surface area contributed by atoms with Crippen LogP contribution in [0.4, 0.5) is 45.5 Å². The molecule has 0 saturated heterocycles. The second-order valence-corrected chi connectivity index (χ2v) is 19.5. The van der Waals surface area contributed by atoms with Crippen LogP contribution in [0.2, 0.25) is 0 Å². The van der Waals surface area contributed by atoms with E-state index < -0.39 is 0 Å². The molecule has 1 aliphatic carbocycles. The molecule has 3 nitrogen and oxygen atoms in total. The number of fused-ring (bicyclic) bond motifs is 7. The highest BCUT2D eigenvalue weighted by molar-refractivity contribution is 7.00. The van der Waals surface area contributed by atoms with Crippen LogP contribution in [0.15, 0.2) is 127 Å². The monoisotopic (exact) mass is 759 g/mol. The van der Waals surface area contributed by atoms with E-state index in [9.17, 15) is 0 Å². The van der Waals surface area contributed by atoms with Gasteiger partial charge in [0.05, 0.1) is 5.54 Å². The van der Waals surface area contributed by atoms with E-state index in [-0.39, 0.29) is 23.1 Å². The molecular weight excluding hydrogens is 701 g/mol. The summed E-state index contributed by atoms with van der Waals surface area (Å²) in [4.78, 5) is 7.89. The summed E-state index contributed by atoms with van der Waals surface area (Å²) < 4.78 is 0. The number of hydrogen-bond acceptors (Lipinski definition) is 3. The summed E-state index contributed by atoms with van der Waals surface area (Å²) in [7, 11) is 0. The highest BCUT2D eigenvalue weighted by atomic mass is 15.3. The van der Waals surface area contributed by atoms with Gasteiger partial charge < -0.3 is 14.7 Å². The Morgan fingerprint density at radius 1 is 0.569 bits per heavy atom. The molecule has 4 aliphatic rings. The highest BCUT2D eigenvalue weighted by Gasteiger charge is 2.56. The van der Waals surface area contributed by atoms with Crippen LogP contribution >= 0.6 is 0 Å². The third kappa shape index (κ3) is 5.46. The summed E-state index contributed by atoms with van der Waals surface area (Å²) in [5.74, 6) is 0.495. The molecule has 0 bridgehead atoms. The lowest BCUT2D eigenvalue weighted by Gasteiger charge is -2.49. The van der Waals surface area contributed by atoms with Gasteiger partial charge in [-0.1, -0.05) is 134 Å². The summed E-state index contributed by atoms with van der Waals surface area (Å²) in [6, 6.07) is 49.4. The third-order valence-corrected chi connectivity index (χ3v) is 14.7. The predicted octanol–water partition coefficient (Wildman–Crippen LogP) is 13.0. The van der Waals surface area contributed by atoms with Gasteiger partial charge in [-0.25, -0.2) is 0 Å². The van der Waals surface area contributed by atoms with E-state index in [1.807, 2.05) is 0 Å². The smallest absolute Gasteiger partial charge is 0.252 e. The molecule has 1 fully saturated rings. The molecule has 58 heavy (non-hydrogen) atoms. The summed E-state index contributed by atoms with van der Waals surface area (Å²) in [5, 5.41) is 0. The van der Waals surface area contributed by atoms with Crippen molar-refractivity contribution >= 4 is 68.6 Å². The molecule has 2 unspecified atom stereocenters. The van der Waals surface area contributed by atoms with E-state index in [2.05, 4.69) is 197 Å². The van der Waals surface area contributed by atoms with Crippen molar-refractivity contribution in [2.45, 2.75) is 116 Å². The average Bonchev–Trinajstić information content (AvgIpc) is 3.39. The number of rotatable bonds is 4. The normalized spacial score (nSPS) is 20.8. The maximum atomic E-state index is 2.79. The molecule has 6 aromatic rings. The quantitative estimate of drug-likeness (QED) is 0.165. The van der Waals surface area contributed by atoms with E-state index in [1.165, 1.54) is 117 Å². The number of nitrogens with zero attached hydrogens (tertiary/aromatic N) is 3. The number of anilines is 8. The molecule has 6 aromatic carbocycles. The molecule has 0 aromatic heterocycles. The average molecular weight is 760 g/mol. The Hall–Kier alpha value is -5.22. The van der Waals surface area contributed by atoms with Gasteiger partial charge in [-0.05, 0) is 137 Å². The first-order valence-corrected chi connectivity index (χ1v) is 22.0. The Morgan fingerprint density at radius 3 is 1.90 bits per heavy atom. The Morgan fingerprint density at radius 2 is 1.19 bits per heavy atom. The molecular formula is C54H58BN3. The fourth-order valence-corrected chi connectivity index (χ4v) is 11.3. The van der Waals surface area contributed by atoms with Crippen LogP contribution in [-0.4, -0.2) is 12.3 Å². The first-order chi connectivity index (χ1) is 27.9. The molecule has 0 amide bonds. The van der Waals surface area contributed by atoms with Crippen molar-refractivity contribution in [3.63, 3.8) is 0 Å². The molecule has 3 heterocycles. The number of hydrogen-bond donors (Lipinski definition) is 0. The minimum Gasteiger partial charge on any atom is -0.334 e. The first-order valence-electron chi connectivity index (χ1n) is 22.0. The molecule has 3 aliphatic heterocycles. The fourth-order valence-electron chi connectivity index (χ4n) is 11.3. The zero-order valence-electron chi connectivity index (χ0n) is 35.9. The SMILES string of the molecule is Cc1cc2c3c(c1)N(c1ccc(C(C)(C)C)cc1)c1cc(N4c5ccc(C(C)C)cc5C5(C)CCCCCCC45C)ccc1B3c1ccccc1N2c1ccccc1. The Bertz CT molecular complexity index is 2550. The predicted molar refractivity (Wildman–Crippen MR) is 250 cm³/mol. The van der Waals surface area contributed by atoms with Gasteiger partial charge in [0, 0.05) is 50.9 Å². The topological polar surface area (TPSA) is 9.72 Å². The van der Waals surface area contributed by atoms with E-state index in [0.29, 0.717) is 5.92 Å². The van der Waals surface area contributed by atoms with Crippen LogP contribution in [0.1, 0.15) is 115 Å². The van der Waals surface area contributed by atoms with Crippen molar-refractivity contribution in [1.29, 1.82) is 0 Å². The van der Waals surface area contributed by atoms with Crippen LogP contribution in [0.5, 0.6) is 0 Å². The maximum absolute atomic E-state index is 2.79. The lowest BCUT2D eigenvalue weighted by atomic mass is 9.33. The number of para-hydroxylation sites is 2. The molecule has 292 valence electrons. The Labute approximate surface area is 347 Å². The molecule has 4 heteroatoms. The van der Waals surface area contributed by atoms with E-state index in [4.69, 9.17) is 0 Å². The standard InChI is InChI=1S/C54H58BN3/c1-36(2)38-22-29-46-43(34-38)53(7)30-16-9-10-17-31-54(53,8)58(46)42-27-28-45-48(35-42)57(41-25-23-39(24-26-41)52(4,5)6)50-33-37(3)32-49-51(50)55(45)44-20-14-15-21-47(44)56(49)40-18-12-11-13-19-40/h11-15,18-29,32-36H,9-10,16-17,30-31H2,1-8H3. The largest absolute Gasteiger partial charge is 0.334 e. The lowest BCUT2D eigenvalue weighted by molar-refractivity contribution is 0.217. The second kappa shape index (κ2) is 13.4. The van der Waals surface area contributed by atoms with Crippen molar-refractivity contribution < 1.29 is 0 Å². The van der Waals surface area contributed by atoms with E-state index in [1.54, 1.807) is 5.56 Å². The zero-order chi connectivity index (χ0) is 40.1. The molecule has 0 N–H and O–H groups in total. The van der Waals surface area contributed by atoms with Gasteiger partial charge >= 0.3 is 0 Å². The minimum absolute atomic E-state index is 0.0495. The molecule has 0 radical (unpaired) electrons. The van der Waals surface area contributed by atoms with E-state index >= 15 is 0 Å². The van der Waals surface area contributed by atoms with Crippen molar-refractivity contribution in [2.75, 3.05) is 14.7 Å². The van der Waals surface area contributed by atoms with Gasteiger partial charge in [0.15, 0.2) is 0 Å². The van der Waals surface area contributed by atoms with Gasteiger partial charge in [-0.2, -0.15) is 0 Å². The van der Waals surface area contributed by atoms with Crippen molar-refractivity contribution in [3.05, 3.63) is 150 Å². The first kappa shape index (κ1) is 37.1. The third-order valence-electron chi connectivity index (χ3n) is 14.7. The fraction of sp³-hybridized carbons (Fsp3) is 0.333. The Balaban J connectivity index is 1.24. The van der Waals surface area contributed by atoms with Gasteiger partial charge in [0.25, 0.3) is 6.71 Å². The maximum Gasteiger partial charge on any atom is 0.252 e. The van der Waals surface area contributed by atoms with Crippen LogP contribution in [0, 0.1) is 6.92 Å². The Kier molecular flexibility index (Phi) is 8.58. The van der Waals surface area contributed by atoms with Crippen LogP contribution in [0.3, 0.4) is 0 Å². The van der Waals surface area contributed by atoms with Crippen LogP contribution in [-0.2, 0) is 10.8 Å². The number of aryl methyl sites for hydroxylation is 1. The summed E-state index contributed by atoms with van der Waals surface area (Å²) in [6.07, 6.45) is 7.59. The minimum atomic E-state index is -0.0528. The highest BCUT2D eigenvalue weighted by Crippen LogP contribution is 2.60. The molecule has 10 rings (SSSR count). The van der Waals surface area contributed by atoms with Crippen LogP contribution in [0.25, 0.3) is 0 Å². The van der Waals surface area contributed by atoms with Gasteiger partial charge in [0.2, 0.25) is 0 Å². The van der Waals surface area contributed by atoms with Gasteiger partial charge in [0.1, 0.15) is 0 Å². The van der Waals surface area contributed by atoms with Gasteiger partial charge in [-0.15, -0.1) is 0 Å². The molecule has 2 atom stereocenters. The summed E-state index contributed by atoms with van der Waals surface area (Å²) in [5.41, 5.74) is 19.9. The zero-order valence-corrected chi connectivity index (χ0v) is 35.9. The summed E-state index contributed by atoms with van der Waals surface area (Å²) >= 11 is 0. The van der Waals surface area contributed by atoms with Gasteiger partial charge in [-0.3, -0.25) is 0 Å².